The van der Waals surface area contributed by atoms with Crippen molar-refractivity contribution in [3.8, 4) is 0 Å². The van der Waals surface area contributed by atoms with Crippen molar-refractivity contribution >= 4 is 29.2 Å². The van der Waals surface area contributed by atoms with E-state index in [1.165, 1.54) is 4.90 Å². The number of fused-ring (bicyclic) bond motifs is 1. The third-order valence-electron chi connectivity index (χ3n) is 3.08. The summed E-state index contributed by atoms with van der Waals surface area (Å²) in [4.78, 5) is 25.3. The first-order valence-corrected chi connectivity index (χ1v) is 6.76. The molecular formula is C14H16ClNO3. The van der Waals surface area contributed by atoms with Gasteiger partial charge in [0, 0.05) is 5.69 Å². The minimum atomic E-state index is -0.596. The van der Waals surface area contributed by atoms with E-state index in [9.17, 15) is 9.59 Å². The van der Waals surface area contributed by atoms with Crippen LogP contribution in [-0.4, -0.2) is 30.4 Å². The quantitative estimate of drug-likeness (QED) is 0.630. The fourth-order valence-corrected chi connectivity index (χ4v) is 2.40. The molecule has 0 aromatic heterocycles. The molecule has 102 valence electrons. The minimum absolute atomic E-state index is 0.0904. The Hall–Kier alpha value is -1.55. The van der Waals surface area contributed by atoms with Gasteiger partial charge in [-0.1, -0.05) is 18.2 Å². The van der Waals surface area contributed by atoms with Gasteiger partial charge in [-0.2, -0.15) is 0 Å². The number of halogens is 1. The maximum absolute atomic E-state index is 12.2. The Morgan fingerprint density at radius 1 is 1.47 bits per heavy atom. The molecule has 0 bridgehead atoms. The van der Waals surface area contributed by atoms with Gasteiger partial charge in [-0.15, -0.1) is 11.6 Å². The maximum atomic E-state index is 12.2. The van der Waals surface area contributed by atoms with E-state index in [2.05, 4.69) is 0 Å². The predicted molar refractivity (Wildman–Crippen MR) is 73.4 cm³/mol. The van der Waals surface area contributed by atoms with E-state index >= 15 is 0 Å². The number of carbonyl (C=O) groups is 2. The molecule has 1 aliphatic rings. The molecule has 1 amide bonds. The van der Waals surface area contributed by atoms with Gasteiger partial charge in [0.05, 0.1) is 6.61 Å². The first-order valence-electron chi connectivity index (χ1n) is 6.32. The van der Waals surface area contributed by atoms with Gasteiger partial charge in [0.2, 0.25) is 5.91 Å². The maximum Gasteiger partial charge on any atom is 0.326 e. The summed E-state index contributed by atoms with van der Waals surface area (Å²) in [5.41, 5.74) is 1.78. The molecule has 1 aromatic carbocycles. The van der Waals surface area contributed by atoms with Crippen LogP contribution in [-0.2, 0) is 20.7 Å². The van der Waals surface area contributed by atoms with Crippen molar-refractivity contribution in [1.82, 2.24) is 0 Å². The second kappa shape index (κ2) is 6.06. The zero-order valence-electron chi connectivity index (χ0n) is 10.8. The highest BCUT2D eigenvalue weighted by atomic mass is 35.5. The van der Waals surface area contributed by atoms with Crippen LogP contribution in [0.2, 0.25) is 0 Å². The van der Waals surface area contributed by atoms with Gasteiger partial charge < -0.3 is 4.74 Å². The Morgan fingerprint density at radius 3 is 2.95 bits per heavy atom. The van der Waals surface area contributed by atoms with Crippen LogP contribution in [0.1, 0.15) is 18.9 Å². The Labute approximate surface area is 117 Å². The highest BCUT2D eigenvalue weighted by molar-refractivity contribution is 6.33. The summed E-state index contributed by atoms with van der Waals surface area (Å²) in [7, 11) is 0. The topological polar surface area (TPSA) is 46.6 Å². The molecule has 2 rings (SSSR count). The van der Waals surface area contributed by atoms with Gasteiger partial charge in [0.15, 0.2) is 0 Å². The van der Waals surface area contributed by atoms with E-state index in [-0.39, 0.29) is 12.5 Å². The van der Waals surface area contributed by atoms with Crippen molar-refractivity contribution in [2.24, 2.45) is 0 Å². The number of benzene rings is 1. The average Bonchev–Trinajstić information content (AvgIpc) is 2.52. The summed E-state index contributed by atoms with van der Waals surface area (Å²) >= 11 is 6.07. The number of nitrogens with zero attached hydrogens (tertiary/aromatic N) is 1. The van der Waals surface area contributed by atoms with Crippen molar-refractivity contribution in [3.05, 3.63) is 29.8 Å². The molecule has 1 aromatic rings. The van der Waals surface area contributed by atoms with Crippen LogP contribution < -0.4 is 4.90 Å². The number of anilines is 1. The van der Waals surface area contributed by atoms with E-state index < -0.39 is 11.3 Å². The number of esters is 1. The highest BCUT2D eigenvalue weighted by Gasteiger charge is 2.30. The van der Waals surface area contributed by atoms with Crippen LogP contribution in [0, 0.1) is 0 Å². The SMILES string of the molecule is CCOC(=O)CN1C(=O)C(Cl)CCc2ccccc21. The predicted octanol–water partition coefficient (Wildman–Crippen LogP) is 2.14. The molecule has 0 saturated heterocycles. The lowest BCUT2D eigenvalue weighted by atomic mass is 10.1. The first-order chi connectivity index (χ1) is 9.13. The van der Waals surface area contributed by atoms with E-state index in [4.69, 9.17) is 16.3 Å². The van der Waals surface area contributed by atoms with Crippen LogP contribution in [0.25, 0.3) is 0 Å². The molecule has 1 heterocycles. The Morgan fingerprint density at radius 2 is 2.21 bits per heavy atom. The second-order valence-corrected chi connectivity index (χ2v) is 4.89. The normalized spacial score (nSPS) is 18.7. The van der Waals surface area contributed by atoms with E-state index in [0.29, 0.717) is 13.0 Å². The molecule has 1 unspecified atom stereocenters. The van der Waals surface area contributed by atoms with Crippen LogP contribution in [0.5, 0.6) is 0 Å². The van der Waals surface area contributed by atoms with Gasteiger partial charge in [-0.25, -0.2) is 0 Å². The van der Waals surface area contributed by atoms with Crippen molar-refractivity contribution in [1.29, 1.82) is 0 Å². The van der Waals surface area contributed by atoms with Crippen molar-refractivity contribution in [2.45, 2.75) is 25.1 Å². The van der Waals surface area contributed by atoms with E-state index in [1.54, 1.807) is 6.92 Å². The van der Waals surface area contributed by atoms with Crippen LogP contribution in [0.3, 0.4) is 0 Å². The molecule has 5 heteroatoms. The van der Waals surface area contributed by atoms with Gasteiger partial charge in [-0.05, 0) is 31.4 Å². The number of para-hydroxylation sites is 1. The summed E-state index contributed by atoms with van der Waals surface area (Å²) in [6.45, 7) is 1.94. The lowest BCUT2D eigenvalue weighted by molar-refractivity contribution is -0.142. The molecule has 19 heavy (non-hydrogen) atoms. The molecule has 0 fully saturated rings. The molecule has 0 radical (unpaired) electrons. The number of hydrogen-bond donors (Lipinski definition) is 0. The zero-order valence-corrected chi connectivity index (χ0v) is 11.5. The molecule has 0 spiro atoms. The van der Waals surface area contributed by atoms with Gasteiger partial charge in [0.25, 0.3) is 0 Å². The summed E-state index contributed by atoms with van der Waals surface area (Å²) in [5, 5.41) is -0.596. The molecule has 4 nitrogen and oxygen atoms in total. The molecule has 1 atom stereocenters. The number of aryl methyl sites for hydroxylation is 1. The summed E-state index contributed by atoms with van der Waals surface area (Å²) < 4.78 is 4.91. The first kappa shape index (κ1) is 13.9. The monoisotopic (exact) mass is 281 g/mol. The van der Waals surface area contributed by atoms with Gasteiger partial charge >= 0.3 is 5.97 Å². The lowest BCUT2D eigenvalue weighted by Crippen LogP contribution is -2.40. The number of amides is 1. The summed E-state index contributed by atoms with van der Waals surface area (Å²) in [6.07, 6.45) is 1.31. The molecule has 0 aliphatic carbocycles. The fraction of sp³-hybridized carbons (Fsp3) is 0.429. The third kappa shape index (κ3) is 3.07. The molecule has 1 aliphatic heterocycles. The lowest BCUT2D eigenvalue weighted by Gasteiger charge is -2.23. The van der Waals surface area contributed by atoms with E-state index in [1.807, 2.05) is 24.3 Å². The third-order valence-corrected chi connectivity index (χ3v) is 3.48. The van der Waals surface area contributed by atoms with Gasteiger partial charge in [0.1, 0.15) is 11.9 Å². The standard InChI is InChI=1S/C14H16ClNO3/c1-2-19-13(17)9-16-12-6-4-3-5-10(12)7-8-11(15)14(16)18/h3-6,11H,2,7-9H2,1H3. The minimum Gasteiger partial charge on any atom is -0.465 e. The Balaban J connectivity index is 2.31. The van der Waals surface area contributed by atoms with E-state index in [0.717, 1.165) is 17.7 Å². The summed E-state index contributed by atoms with van der Waals surface area (Å²) in [5.74, 6) is -0.656. The zero-order chi connectivity index (χ0) is 13.8. The average molecular weight is 282 g/mol. The van der Waals surface area contributed by atoms with Crippen LogP contribution in [0.15, 0.2) is 24.3 Å². The van der Waals surface area contributed by atoms with Crippen molar-refractivity contribution in [3.63, 3.8) is 0 Å². The van der Waals surface area contributed by atoms with Crippen LogP contribution in [0.4, 0.5) is 5.69 Å². The largest absolute Gasteiger partial charge is 0.465 e. The van der Waals surface area contributed by atoms with Crippen molar-refractivity contribution < 1.29 is 14.3 Å². The number of alkyl halides is 1. The van der Waals surface area contributed by atoms with Crippen molar-refractivity contribution in [2.75, 3.05) is 18.1 Å². The molecule has 0 saturated carbocycles. The van der Waals surface area contributed by atoms with Gasteiger partial charge in [-0.3, -0.25) is 14.5 Å². The fourth-order valence-electron chi connectivity index (χ4n) is 2.18. The number of ether oxygens (including phenoxy) is 1. The smallest absolute Gasteiger partial charge is 0.326 e. The number of rotatable bonds is 3. The second-order valence-electron chi connectivity index (χ2n) is 4.36. The Kier molecular flexibility index (Phi) is 4.43. The summed E-state index contributed by atoms with van der Waals surface area (Å²) in [6, 6.07) is 7.55. The molecular weight excluding hydrogens is 266 g/mol. The Bertz CT molecular complexity index is 489. The van der Waals surface area contributed by atoms with Crippen LogP contribution >= 0.6 is 11.6 Å². The highest BCUT2D eigenvalue weighted by Crippen LogP contribution is 2.28. The number of hydrogen-bond acceptors (Lipinski definition) is 3. The molecule has 0 N–H and O–H groups in total. The number of carbonyl (C=O) groups excluding carboxylic acids is 2.